The van der Waals surface area contributed by atoms with Gasteiger partial charge in [-0.1, -0.05) is 0 Å². The van der Waals surface area contributed by atoms with Crippen molar-refractivity contribution in [1.29, 1.82) is 0 Å². The maximum absolute atomic E-state index is 5.48. The van der Waals surface area contributed by atoms with E-state index < -0.39 is 18.4 Å². The van der Waals surface area contributed by atoms with Crippen LogP contribution in [0.25, 0.3) is 0 Å². The van der Waals surface area contributed by atoms with Crippen molar-refractivity contribution >= 4 is 22.0 Å². The van der Waals surface area contributed by atoms with Crippen LogP contribution in [0.2, 0.25) is 14.8 Å². The van der Waals surface area contributed by atoms with Crippen LogP contribution in [0, 0.1) is 0 Å². The van der Waals surface area contributed by atoms with E-state index in [2.05, 4.69) is 20.9 Å². The van der Waals surface area contributed by atoms with E-state index >= 15 is 0 Å². The number of hydrogen-bond acceptors (Lipinski definition) is 3. The van der Waals surface area contributed by atoms with Crippen molar-refractivity contribution in [2.24, 2.45) is 0 Å². The zero-order valence-corrected chi connectivity index (χ0v) is 13.7. The molecule has 0 radical (unpaired) electrons. The summed E-state index contributed by atoms with van der Waals surface area (Å²) < 4.78 is 17.4. The van der Waals surface area contributed by atoms with Crippen LogP contribution in [-0.4, -0.2) is 39.7 Å². The first-order valence-electron chi connectivity index (χ1n) is 5.25. The first-order valence-corrected chi connectivity index (χ1v) is 15.2. The Morgan fingerprint density at radius 3 is 1.75 bits per heavy atom. The molecular formula is C12H20O3Sn. The van der Waals surface area contributed by atoms with Crippen LogP contribution in [0.3, 0.4) is 0 Å². The molecule has 0 heterocycles. The molecule has 0 saturated carbocycles. The molecule has 0 N–H and O–H groups in total. The number of methoxy groups -OCH3 is 3. The molecule has 1 aromatic carbocycles. The topological polar surface area (TPSA) is 27.7 Å². The molecule has 4 heteroatoms. The normalized spacial score (nSPS) is 11.1. The second-order valence-corrected chi connectivity index (χ2v) is 19.0. The third-order valence-corrected chi connectivity index (χ3v) is 8.25. The van der Waals surface area contributed by atoms with Crippen molar-refractivity contribution in [3.8, 4) is 17.2 Å². The van der Waals surface area contributed by atoms with E-state index in [1.807, 2.05) is 6.07 Å². The quantitative estimate of drug-likeness (QED) is 0.793. The van der Waals surface area contributed by atoms with Gasteiger partial charge in [-0.05, 0) is 0 Å². The molecule has 0 amide bonds. The second-order valence-electron chi connectivity index (χ2n) is 4.63. The van der Waals surface area contributed by atoms with Gasteiger partial charge >= 0.3 is 102 Å². The molecule has 0 aromatic heterocycles. The number of rotatable bonds is 4. The Bertz CT molecular complexity index is 369. The third-order valence-electron chi connectivity index (χ3n) is 2.51. The van der Waals surface area contributed by atoms with E-state index in [0.29, 0.717) is 5.75 Å². The summed E-state index contributed by atoms with van der Waals surface area (Å²) in [4.78, 5) is 7.04. The molecule has 1 rings (SSSR count). The number of benzene rings is 1. The second kappa shape index (κ2) is 5.17. The summed E-state index contributed by atoms with van der Waals surface area (Å²) in [5.74, 6) is 2.26. The Morgan fingerprint density at radius 2 is 1.38 bits per heavy atom. The van der Waals surface area contributed by atoms with E-state index in [-0.39, 0.29) is 0 Å². The summed E-state index contributed by atoms with van der Waals surface area (Å²) in [7, 11) is 4.96. The summed E-state index contributed by atoms with van der Waals surface area (Å²) in [6.45, 7) is 0. The van der Waals surface area contributed by atoms with E-state index in [1.165, 1.54) is 3.58 Å². The Hall–Kier alpha value is -0.581. The van der Waals surface area contributed by atoms with Crippen LogP contribution in [0.5, 0.6) is 17.2 Å². The minimum absolute atomic E-state index is 0.703. The molecular weight excluding hydrogens is 311 g/mol. The van der Waals surface area contributed by atoms with E-state index in [9.17, 15) is 0 Å². The molecule has 0 unspecified atom stereocenters. The van der Waals surface area contributed by atoms with Crippen molar-refractivity contribution in [3.63, 3.8) is 0 Å². The van der Waals surface area contributed by atoms with Crippen LogP contribution >= 0.6 is 0 Å². The molecule has 0 atom stereocenters. The van der Waals surface area contributed by atoms with Gasteiger partial charge in [0.25, 0.3) is 0 Å². The Balaban J connectivity index is 3.43. The van der Waals surface area contributed by atoms with Gasteiger partial charge in [-0.25, -0.2) is 0 Å². The van der Waals surface area contributed by atoms with Gasteiger partial charge in [-0.3, -0.25) is 0 Å². The first kappa shape index (κ1) is 13.5. The van der Waals surface area contributed by atoms with Crippen LogP contribution in [0.4, 0.5) is 0 Å². The average Bonchev–Trinajstić information content (AvgIpc) is 2.25. The molecule has 0 bridgehead atoms. The molecule has 0 spiro atoms. The molecule has 0 aliphatic carbocycles. The molecule has 0 fully saturated rings. The third kappa shape index (κ3) is 2.56. The zero-order valence-electron chi connectivity index (χ0n) is 10.9. The van der Waals surface area contributed by atoms with Gasteiger partial charge in [0.2, 0.25) is 0 Å². The Morgan fingerprint density at radius 1 is 0.812 bits per heavy atom. The van der Waals surface area contributed by atoms with Crippen molar-refractivity contribution < 1.29 is 14.2 Å². The maximum atomic E-state index is 5.48. The van der Waals surface area contributed by atoms with Crippen molar-refractivity contribution in [1.82, 2.24) is 0 Å². The number of ether oxygens (including phenoxy) is 3. The van der Waals surface area contributed by atoms with E-state index in [4.69, 9.17) is 14.2 Å². The first-order chi connectivity index (χ1) is 7.45. The minimum atomic E-state index is -2.18. The van der Waals surface area contributed by atoms with Gasteiger partial charge in [0, 0.05) is 0 Å². The van der Waals surface area contributed by atoms with Crippen molar-refractivity contribution in [3.05, 3.63) is 12.1 Å². The van der Waals surface area contributed by atoms with Crippen molar-refractivity contribution in [2.45, 2.75) is 14.8 Å². The number of hydrogen-bond donors (Lipinski definition) is 0. The summed E-state index contributed by atoms with van der Waals surface area (Å²) in [5.41, 5.74) is 0. The van der Waals surface area contributed by atoms with Gasteiger partial charge in [-0.15, -0.1) is 0 Å². The van der Waals surface area contributed by atoms with Gasteiger partial charge in [0.05, 0.1) is 0 Å². The van der Waals surface area contributed by atoms with Crippen LogP contribution in [0.1, 0.15) is 0 Å². The molecule has 3 nitrogen and oxygen atoms in total. The standard InChI is InChI=1S/C9H11O3.3CH3.Sn/c1-10-7-5-4-6-8(11-2)9(7)12-3;;;;/h4-5H,1-3H3;3*1H3;. The fourth-order valence-corrected chi connectivity index (χ4v) is 5.92. The molecule has 90 valence electrons. The van der Waals surface area contributed by atoms with Crippen LogP contribution in [-0.2, 0) is 0 Å². The Kier molecular flexibility index (Phi) is 4.35. The van der Waals surface area contributed by atoms with Crippen LogP contribution in [0.15, 0.2) is 12.1 Å². The fraction of sp³-hybridized carbons (Fsp3) is 0.500. The van der Waals surface area contributed by atoms with Crippen LogP contribution < -0.4 is 17.8 Å². The molecule has 1 aromatic rings. The molecule has 0 saturated heterocycles. The predicted molar refractivity (Wildman–Crippen MR) is 69.1 cm³/mol. The molecule has 0 aliphatic rings. The summed E-state index contributed by atoms with van der Waals surface area (Å²) in [6.07, 6.45) is 0. The summed E-state index contributed by atoms with van der Waals surface area (Å²) >= 11 is -2.18. The fourth-order valence-electron chi connectivity index (χ4n) is 1.69. The summed E-state index contributed by atoms with van der Waals surface area (Å²) in [5, 5.41) is 0. The molecule has 0 aliphatic heterocycles. The monoisotopic (exact) mass is 332 g/mol. The van der Waals surface area contributed by atoms with Gasteiger partial charge in [0.1, 0.15) is 0 Å². The summed E-state index contributed by atoms with van der Waals surface area (Å²) in [6, 6.07) is 4.06. The molecule has 16 heavy (non-hydrogen) atoms. The average molecular weight is 331 g/mol. The van der Waals surface area contributed by atoms with E-state index in [0.717, 1.165) is 11.5 Å². The van der Waals surface area contributed by atoms with Crippen molar-refractivity contribution in [2.75, 3.05) is 21.3 Å². The predicted octanol–water partition coefficient (Wildman–Crippen LogP) is 2.26. The van der Waals surface area contributed by atoms with E-state index in [1.54, 1.807) is 21.3 Å². The Labute approximate surface area is 102 Å². The van der Waals surface area contributed by atoms with Gasteiger partial charge < -0.3 is 0 Å². The zero-order chi connectivity index (χ0) is 12.3. The van der Waals surface area contributed by atoms with Gasteiger partial charge in [0.15, 0.2) is 0 Å². The van der Waals surface area contributed by atoms with Gasteiger partial charge in [-0.2, -0.15) is 0 Å². The SMILES string of the molecule is COc1cc[c]([Sn]([CH3])([CH3])[CH3])c(OC)c1OC.